The minimum Gasteiger partial charge on any atom is -0.380 e. The normalized spacial score (nSPS) is 24.3. The molecule has 0 amide bonds. The maximum absolute atomic E-state index is 13.7. The van der Waals surface area contributed by atoms with Gasteiger partial charge in [0.2, 0.25) is 0 Å². The van der Waals surface area contributed by atoms with Crippen LogP contribution in [0.25, 0.3) is 0 Å². The van der Waals surface area contributed by atoms with Crippen LogP contribution in [0, 0.1) is 11.7 Å². The van der Waals surface area contributed by atoms with E-state index in [0.29, 0.717) is 11.6 Å². The quantitative estimate of drug-likeness (QED) is 0.902. The van der Waals surface area contributed by atoms with Crippen LogP contribution in [0.1, 0.15) is 26.7 Å². The van der Waals surface area contributed by atoms with Crippen molar-refractivity contribution in [3.05, 3.63) is 28.5 Å². The number of benzene rings is 1. The monoisotopic (exact) mass is 315 g/mol. The van der Waals surface area contributed by atoms with E-state index in [1.165, 1.54) is 6.07 Å². The Kier molecular flexibility index (Phi) is 4.62. The van der Waals surface area contributed by atoms with Gasteiger partial charge in [0.05, 0.1) is 11.8 Å². The Bertz CT molecular complexity index is 411. The van der Waals surface area contributed by atoms with Gasteiger partial charge in [0, 0.05) is 17.1 Å². The molecule has 2 unspecified atom stereocenters. The largest absolute Gasteiger partial charge is 0.380 e. The summed E-state index contributed by atoms with van der Waals surface area (Å²) in [5.41, 5.74) is 0.568. The molecular formula is C14H19BrFNO. The SMILES string of the molecule is CC(C)C1CC(Nc2cc(Br)ccc2F)CCO1. The molecule has 4 heteroatoms. The Morgan fingerprint density at radius 1 is 1.44 bits per heavy atom. The van der Waals surface area contributed by atoms with Crippen molar-refractivity contribution < 1.29 is 9.13 Å². The molecule has 1 aliphatic rings. The predicted octanol–water partition coefficient (Wildman–Crippen LogP) is 4.20. The van der Waals surface area contributed by atoms with Crippen molar-refractivity contribution in [3.63, 3.8) is 0 Å². The molecule has 1 N–H and O–H groups in total. The van der Waals surface area contributed by atoms with E-state index in [-0.39, 0.29) is 18.0 Å². The topological polar surface area (TPSA) is 21.3 Å². The highest BCUT2D eigenvalue weighted by Gasteiger charge is 2.25. The highest BCUT2D eigenvalue weighted by atomic mass is 79.9. The fourth-order valence-corrected chi connectivity index (χ4v) is 2.61. The van der Waals surface area contributed by atoms with Gasteiger partial charge in [-0.25, -0.2) is 4.39 Å². The molecule has 2 atom stereocenters. The Morgan fingerprint density at radius 2 is 2.22 bits per heavy atom. The van der Waals surface area contributed by atoms with E-state index in [2.05, 4.69) is 35.1 Å². The standard InChI is InChI=1S/C14H19BrFNO/c1-9(2)14-8-11(5-6-18-14)17-13-7-10(15)3-4-12(13)16/h3-4,7,9,11,14,17H,5-6,8H2,1-2H3. The lowest BCUT2D eigenvalue weighted by atomic mass is 9.95. The average Bonchev–Trinajstić information content (AvgIpc) is 2.34. The molecule has 1 aliphatic heterocycles. The van der Waals surface area contributed by atoms with Gasteiger partial charge < -0.3 is 10.1 Å². The van der Waals surface area contributed by atoms with Crippen LogP contribution in [0.4, 0.5) is 10.1 Å². The first-order valence-electron chi connectivity index (χ1n) is 6.39. The summed E-state index contributed by atoms with van der Waals surface area (Å²) >= 11 is 3.36. The molecular weight excluding hydrogens is 297 g/mol. The van der Waals surface area contributed by atoms with Gasteiger partial charge in [0.1, 0.15) is 5.82 Å². The highest BCUT2D eigenvalue weighted by Crippen LogP contribution is 2.26. The van der Waals surface area contributed by atoms with E-state index < -0.39 is 0 Å². The molecule has 1 fully saturated rings. The molecule has 0 bridgehead atoms. The zero-order valence-electron chi connectivity index (χ0n) is 10.7. The third kappa shape index (κ3) is 3.45. The summed E-state index contributed by atoms with van der Waals surface area (Å²) in [7, 11) is 0. The molecule has 0 saturated carbocycles. The Hall–Kier alpha value is -0.610. The molecule has 0 aliphatic carbocycles. The summed E-state index contributed by atoms with van der Waals surface area (Å²) in [5.74, 6) is 0.299. The second kappa shape index (κ2) is 6.02. The van der Waals surface area contributed by atoms with E-state index in [9.17, 15) is 4.39 Å². The van der Waals surface area contributed by atoms with Gasteiger partial charge in [-0.3, -0.25) is 0 Å². The Labute approximate surface area is 116 Å². The lowest BCUT2D eigenvalue weighted by Crippen LogP contribution is -2.36. The number of halogens is 2. The molecule has 1 aromatic rings. The number of anilines is 1. The summed E-state index contributed by atoms with van der Waals surface area (Å²) in [5, 5.41) is 3.29. The van der Waals surface area contributed by atoms with E-state index in [1.807, 2.05) is 0 Å². The molecule has 1 heterocycles. The van der Waals surface area contributed by atoms with Gasteiger partial charge in [0.15, 0.2) is 0 Å². The molecule has 1 aromatic carbocycles. The first kappa shape index (κ1) is 13.8. The van der Waals surface area contributed by atoms with E-state index in [0.717, 1.165) is 23.9 Å². The van der Waals surface area contributed by atoms with Gasteiger partial charge in [-0.15, -0.1) is 0 Å². The molecule has 2 nitrogen and oxygen atoms in total. The molecule has 0 spiro atoms. The van der Waals surface area contributed by atoms with Crippen LogP contribution < -0.4 is 5.32 Å². The highest BCUT2D eigenvalue weighted by molar-refractivity contribution is 9.10. The summed E-state index contributed by atoms with van der Waals surface area (Å²) < 4.78 is 20.3. The van der Waals surface area contributed by atoms with Crippen molar-refractivity contribution in [2.24, 2.45) is 5.92 Å². The zero-order chi connectivity index (χ0) is 13.1. The van der Waals surface area contributed by atoms with E-state index >= 15 is 0 Å². The van der Waals surface area contributed by atoms with Crippen LogP contribution in [0.15, 0.2) is 22.7 Å². The minimum atomic E-state index is -0.203. The second-order valence-electron chi connectivity index (χ2n) is 5.14. The van der Waals surface area contributed by atoms with Gasteiger partial charge in [-0.2, -0.15) is 0 Å². The number of rotatable bonds is 3. The fraction of sp³-hybridized carbons (Fsp3) is 0.571. The number of hydrogen-bond acceptors (Lipinski definition) is 2. The van der Waals surface area contributed by atoms with Crippen LogP contribution in [-0.4, -0.2) is 18.8 Å². The van der Waals surface area contributed by atoms with Crippen molar-refractivity contribution in [2.45, 2.75) is 38.8 Å². The number of hydrogen-bond donors (Lipinski definition) is 1. The zero-order valence-corrected chi connectivity index (χ0v) is 12.3. The first-order valence-corrected chi connectivity index (χ1v) is 7.18. The maximum Gasteiger partial charge on any atom is 0.146 e. The smallest absolute Gasteiger partial charge is 0.146 e. The molecule has 2 rings (SSSR count). The molecule has 1 saturated heterocycles. The van der Waals surface area contributed by atoms with Crippen molar-refractivity contribution in [2.75, 3.05) is 11.9 Å². The van der Waals surface area contributed by atoms with Crippen LogP contribution in [0.5, 0.6) is 0 Å². The van der Waals surface area contributed by atoms with Crippen LogP contribution in [0.2, 0.25) is 0 Å². The van der Waals surface area contributed by atoms with Crippen molar-refractivity contribution >= 4 is 21.6 Å². The lowest BCUT2D eigenvalue weighted by molar-refractivity contribution is -0.0161. The molecule has 18 heavy (non-hydrogen) atoms. The van der Waals surface area contributed by atoms with Crippen LogP contribution in [0.3, 0.4) is 0 Å². The number of ether oxygens (including phenoxy) is 1. The van der Waals surface area contributed by atoms with Gasteiger partial charge in [0.25, 0.3) is 0 Å². The minimum absolute atomic E-state index is 0.203. The van der Waals surface area contributed by atoms with E-state index in [4.69, 9.17) is 4.74 Å². The van der Waals surface area contributed by atoms with Gasteiger partial charge >= 0.3 is 0 Å². The summed E-state index contributed by atoms with van der Waals surface area (Å²) in [6.45, 7) is 5.07. The second-order valence-corrected chi connectivity index (χ2v) is 6.06. The number of nitrogens with one attached hydrogen (secondary N) is 1. The maximum atomic E-state index is 13.7. The molecule has 0 aromatic heterocycles. The predicted molar refractivity (Wildman–Crippen MR) is 75.3 cm³/mol. The Balaban J connectivity index is 2.02. The first-order chi connectivity index (χ1) is 8.56. The van der Waals surface area contributed by atoms with Gasteiger partial charge in [-0.1, -0.05) is 29.8 Å². The molecule has 100 valence electrons. The lowest BCUT2D eigenvalue weighted by Gasteiger charge is -2.33. The molecule has 0 radical (unpaired) electrons. The van der Waals surface area contributed by atoms with E-state index in [1.54, 1.807) is 12.1 Å². The van der Waals surface area contributed by atoms with Crippen molar-refractivity contribution in [1.29, 1.82) is 0 Å². The summed E-state index contributed by atoms with van der Waals surface area (Å²) in [4.78, 5) is 0. The fourth-order valence-electron chi connectivity index (χ4n) is 2.25. The van der Waals surface area contributed by atoms with Gasteiger partial charge in [-0.05, 0) is 37.0 Å². The third-order valence-electron chi connectivity index (χ3n) is 3.35. The summed E-state index contributed by atoms with van der Waals surface area (Å²) in [6.07, 6.45) is 2.13. The van der Waals surface area contributed by atoms with Crippen molar-refractivity contribution in [3.8, 4) is 0 Å². The van der Waals surface area contributed by atoms with Crippen molar-refractivity contribution in [1.82, 2.24) is 0 Å². The summed E-state index contributed by atoms with van der Waals surface area (Å²) in [6, 6.07) is 5.26. The Morgan fingerprint density at radius 3 is 2.94 bits per heavy atom. The van der Waals surface area contributed by atoms with Crippen LogP contribution in [-0.2, 0) is 4.74 Å². The third-order valence-corrected chi connectivity index (χ3v) is 3.84. The average molecular weight is 316 g/mol. The van der Waals surface area contributed by atoms with Crippen LogP contribution >= 0.6 is 15.9 Å².